The van der Waals surface area contributed by atoms with Gasteiger partial charge < -0.3 is 9.67 Å². The summed E-state index contributed by atoms with van der Waals surface area (Å²) in [5.74, 6) is -0.892. The lowest BCUT2D eigenvalue weighted by Crippen LogP contribution is -2.08. The minimum atomic E-state index is -0.892. The summed E-state index contributed by atoms with van der Waals surface area (Å²) in [5.41, 5.74) is 3.43. The quantitative estimate of drug-likeness (QED) is 0.933. The number of aryl methyl sites for hydroxylation is 1. The monoisotopic (exact) mass is 307 g/mol. The van der Waals surface area contributed by atoms with Gasteiger partial charge in [-0.2, -0.15) is 0 Å². The predicted molar refractivity (Wildman–Crippen MR) is 74.9 cm³/mol. The summed E-state index contributed by atoms with van der Waals surface area (Å²) < 4.78 is 2.87. The van der Waals surface area contributed by atoms with Gasteiger partial charge in [-0.25, -0.2) is 4.79 Å². The van der Waals surface area contributed by atoms with Crippen molar-refractivity contribution in [3.8, 4) is 11.3 Å². The Balaban J connectivity index is 2.57. The Morgan fingerprint density at radius 3 is 2.61 bits per heavy atom. The largest absolute Gasteiger partial charge is 0.477 e. The van der Waals surface area contributed by atoms with Gasteiger partial charge in [0.05, 0.1) is 0 Å². The van der Waals surface area contributed by atoms with Crippen LogP contribution in [0, 0.1) is 6.92 Å². The number of benzene rings is 1. The molecule has 0 unspecified atom stereocenters. The highest BCUT2D eigenvalue weighted by atomic mass is 79.9. The highest BCUT2D eigenvalue weighted by Gasteiger charge is 2.14. The maximum absolute atomic E-state index is 11.1. The van der Waals surface area contributed by atoms with Crippen molar-refractivity contribution in [3.05, 3.63) is 46.1 Å². The average Bonchev–Trinajstić information content (AvgIpc) is 2.76. The van der Waals surface area contributed by atoms with E-state index >= 15 is 0 Å². The molecule has 0 aliphatic heterocycles. The second kappa shape index (κ2) is 4.98. The van der Waals surface area contributed by atoms with E-state index in [-0.39, 0.29) is 0 Å². The molecule has 0 amide bonds. The number of hydrogen-bond donors (Lipinski definition) is 1. The van der Waals surface area contributed by atoms with E-state index in [9.17, 15) is 4.79 Å². The molecule has 0 atom stereocenters. The fraction of sp³-hybridized carbons (Fsp3) is 0.214. The van der Waals surface area contributed by atoms with Gasteiger partial charge in [-0.1, -0.05) is 22.0 Å². The maximum Gasteiger partial charge on any atom is 0.352 e. The fourth-order valence-corrected chi connectivity index (χ4v) is 2.30. The number of nitrogens with zero attached hydrogens (tertiary/aromatic N) is 1. The number of aromatic nitrogens is 1. The molecule has 1 aromatic heterocycles. The molecule has 0 fully saturated rings. The van der Waals surface area contributed by atoms with E-state index in [1.807, 2.05) is 36.6 Å². The number of halogens is 1. The average molecular weight is 308 g/mol. The molecular weight excluding hydrogens is 294 g/mol. The van der Waals surface area contributed by atoms with Crippen LogP contribution in [-0.4, -0.2) is 15.6 Å². The molecule has 1 N–H and O–H groups in total. The Morgan fingerprint density at radius 2 is 2.06 bits per heavy atom. The number of rotatable bonds is 3. The second-order valence-corrected chi connectivity index (χ2v) is 4.97. The van der Waals surface area contributed by atoms with Crippen molar-refractivity contribution in [1.82, 2.24) is 4.57 Å². The lowest BCUT2D eigenvalue weighted by molar-refractivity contribution is 0.0685. The normalized spacial score (nSPS) is 10.6. The fourth-order valence-electron chi connectivity index (χ4n) is 2.05. The molecule has 0 bridgehead atoms. The minimum absolute atomic E-state index is 0.327. The molecule has 1 heterocycles. The number of carbonyl (C=O) groups is 1. The molecule has 3 nitrogen and oxygen atoms in total. The molecule has 0 saturated heterocycles. The van der Waals surface area contributed by atoms with Crippen molar-refractivity contribution in [2.24, 2.45) is 0 Å². The third-order valence-electron chi connectivity index (χ3n) is 2.97. The first-order valence-corrected chi connectivity index (χ1v) is 6.53. The van der Waals surface area contributed by atoms with E-state index in [4.69, 9.17) is 5.11 Å². The van der Waals surface area contributed by atoms with Gasteiger partial charge in [0, 0.05) is 16.7 Å². The molecule has 18 heavy (non-hydrogen) atoms. The van der Waals surface area contributed by atoms with Gasteiger partial charge in [-0.05, 0) is 49.2 Å². The maximum atomic E-state index is 11.1. The van der Waals surface area contributed by atoms with Crippen molar-refractivity contribution >= 4 is 21.9 Å². The number of carboxylic acids is 1. The van der Waals surface area contributed by atoms with E-state index in [0.717, 1.165) is 21.3 Å². The zero-order valence-corrected chi connectivity index (χ0v) is 11.9. The van der Waals surface area contributed by atoms with Gasteiger partial charge >= 0.3 is 5.97 Å². The van der Waals surface area contributed by atoms with Crippen molar-refractivity contribution in [2.75, 3.05) is 0 Å². The molecule has 1 aromatic carbocycles. The van der Waals surface area contributed by atoms with E-state index < -0.39 is 5.97 Å². The van der Waals surface area contributed by atoms with Gasteiger partial charge in [0.2, 0.25) is 0 Å². The number of aromatic carboxylic acids is 1. The molecule has 0 saturated carbocycles. The van der Waals surface area contributed by atoms with Crippen LogP contribution in [0.3, 0.4) is 0 Å². The number of hydrogen-bond acceptors (Lipinski definition) is 1. The number of carboxylic acid groups (broad SMARTS) is 1. The summed E-state index contributed by atoms with van der Waals surface area (Å²) in [6, 6.07) is 9.54. The molecule has 0 aliphatic rings. The summed E-state index contributed by atoms with van der Waals surface area (Å²) in [7, 11) is 0. The molecule has 2 aromatic rings. The van der Waals surface area contributed by atoms with Gasteiger partial charge in [0.15, 0.2) is 0 Å². The third kappa shape index (κ3) is 2.20. The Kier molecular flexibility index (Phi) is 3.57. The van der Waals surface area contributed by atoms with E-state index in [2.05, 4.69) is 22.0 Å². The Hall–Kier alpha value is -1.55. The summed E-state index contributed by atoms with van der Waals surface area (Å²) in [6.45, 7) is 4.60. The first-order valence-electron chi connectivity index (χ1n) is 5.74. The highest BCUT2D eigenvalue weighted by molar-refractivity contribution is 9.10. The lowest BCUT2D eigenvalue weighted by Gasteiger charge is -2.10. The smallest absolute Gasteiger partial charge is 0.352 e. The van der Waals surface area contributed by atoms with Crippen LogP contribution in [0.2, 0.25) is 0 Å². The van der Waals surface area contributed by atoms with Crippen LogP contribution in [0.5, 0.6) is 0 Å². The van der Waals surface area contributed by atoms with Crippen molar-refractivity contribution in [3.63, 3.8) is 0 Å². The SMILES string of the molecule is CCn1c(C(=O)O)ccc1-c1ccc(Br)c(C)c1. The highest BCUT2D eigenvalue weighted by Crippen LogP contribution is 2.27. The molecular formula is C14H14BrNO2. The molecule has 94 valence electrons. The zero-order valence-electron chi connectivity index (χ0n) is 10.3. The molecule has 0 aliphatic carbocycles. The topological polar surface area (TPSA) is 42.2 Å². The molecule has 2 rings (SSSR count). The van der Waals surface area contributed by atoms with E-state index in [1.165, 1.54) is 0 Å². The Morgan fingerprint density at radius 1 is 1.33 bits per heavy atom. The van der Waals surface area contributed by atoms with Crippen LogP contribution in [-0.2, 0) is 6.54 Å². The van der Waals surface area contributed by atoms with Gasteiger partial charge in [-0.3, -0.25) is 0 Å². The van der Waals surface area contributed by atoms with E-state index in [1.54, 1.807) is 6.07 Å². The van der Waals surface area contributed by atoms with E-state index in [0.29, 0.717) is 12.2 Å². The van der Waals surface area contributed by atoms with Crippen LogP contribution >= 0.6 is 15.9 Å². The second-order valence-electron chi connectivity index (χ2n) is 4.12. The Labute approximate surface area is 114 Å². The lowest BCUT2D eigenvalue weighted by atomic mass is 10.1. The predicted octanol–water partition coefficient (Wildman–Crippen LogP) is 3.94. The van der Waals surface area contributed by atoms with Crippen molar-refractivity contribution < 1.29 is 9.90 Å². The first-order chi connectivity index (χ1) is 8.54. The molecule has 4 heteroatoms. The van der Waals surface area contributed by atoms with Gasteiger partial charge in [-0.15, -0.1) is 0 Å². The Bertz CT molecular complexity index is 602. The van der Waals surface area contributed by atoms with Gasteiger partial charge in [0.25, 0.3) is 0 Å². The summed E-state index contributed by atoms with van der Waals surface area (Å²) in [5, 5.41) is 9.13. The van der Waals surface area contributed by atoms with Crippen molar-refractivity contribution in [2.45, 2.75) is 20.4 Å². The summed E-state index contributed by atoms with van der Waals surface area (Å²) in [6.07, 6.45) is 0. The van der Waals surface area contributed by atoms with Crippen LogP contribution in [0.1, 0.15) is 23.0 Å². The van der Waals surface area contributed by atoms with Crippen LogP contribution in [0.25, 0.3) is 11.3 Å². The molecule has 0 spiro atoms. The standard InChI is InChI=1S/C14H14BrNO2/c1-3-16-12(6-7-13(16)14(17)18)10-4-5-11(15)9(2)8-10/h4-8H,3H2,1-2H3,(H,17,18). The van der Waals surface area contributed by atoms with Crippen molar-refractivity contribution in [1.29, 1.82) is 0 Å². The summed E-state index contributed by atoms with van der Waals surface area (Å²) >= 11 is 3.47. The zero-order chi connectivity index (χ0) is 13.3. The first kappa shape index (κ1) is 12.9. The molecule has 0 radical (unpaired) electrons. The minimum Gasteiger partial charge on any atom is -0.477 e. The summed E-state index contributed by atoms with van der Waals surface area (Å²) in [4.78, 5) is 11.1. The van der Waals surface area contributed by atoms with Gasteiger partial charge in [0.1, 0.15) is 5.69 Å². The van der Waals surface area contributed by atoms with Crippen LogP contribution < -0.4 is 0 Å². The van der Waals surface area contributed by atoms with Crippen LogP contribution in [0.15, 0.2) is 34.8 Å². The van der Waals surface area contributed by atoms with Crippen LogP contribution in [0.4, 0.5) is 0 Å². The third-order valence-corrected chi connectivity index (χ3v) is 3.86.